The van der Waals surface area contributed by atoms with Crippen LogP contribution in [-0.2, 0) is 14.3 Å². The normalized spacial score (nSPS) is 18.0. The van der Waals surface area contributed by atoms with Crippen LogP contribution in [0.1, 0.15) is 31.3 Å². The predicted molar refractivity (Wildman–Crippen MR) is 78.4 cm³/mol. The van der Waals surface area contributed by atoms with Crippen LogP contribution >= 0.6 is 0 Å². The number of hydrogen-bond acceptors (Lipinski definition) is 6. The molecule has 1 saturated heterocycles. The van der Waals surface area contributed by atoms with Crippen molar-refractivity contribution in [1.29, 1.82) is 0 Å². The first kappa shape index (κ1) is 16.2. The molecule has 0 bridgehead atoms. The zero-order valence-electron chi connectivity index (χ0n) is 13.2. The molecular formula is C15H21N3O4. The average Bonchev–Trinajstić information content (AvgIpc) is 2.46. The Morgan fingerprint density at radius 3 is 2.82 bits per heavy atom. The molecule has 0 radical (unpaired) electrons. The van der Waals surface area contributed by atoms with Gasteiger partial charge in [0.2, 0.25) is 5.88 Å². The Balaban J connectivity index is 1.98. The molecule has 2 rings (SSSR count). The van der Waals surface area contributed by atoms with E-state index in [1.807, 2.05) is 6.92 Å². The molecule has 2 heterocycles. The van der Waals surface area contributed by atoms with Gasteiger partial charge in [-0.2, -0.15) is 4.98 Å². The van der Waals surface area contributed by atoms with Gasteiger partial charge in [-0.3, -0.25) is 4.79 Å². The predicted octanol–water partition coefficient (Wildman–Crippen LogP) is 1.03. The van der Waals surface area contributed by atoms with Gasteiger partial charge in [-0.05, 0) is 33.6 Å². The van der Waals surface area contributed by atoms with Gasteiger partial charge >= 0.3 is 11.9 Å². The fraction of sp³-hybridized carbons (Fsp3) is 0.600. The molecule has 0 saturated carbocycles. The molecular weight excluding hydrogens is 286 g/mol. The van der Waals surface area contributed by atoms with Gasteiger partial charge in [-0.25, -0.2) is 9.78 Å². The Labute approximate surface area is 129 Å². The number of aryl methyl sites for hydroxylation is 2. The lowest BCUT2D eigenvalue weighted by Gasteiger charge is -2.31. The maximum Gasteiger partial charge on any atom is 0.397 e. The van der Waals surface area contributed by atoms with Gasteiger partial charge in [0.1, 0.15) is 11.9 Å². The van der Waals surface area contributed by atoms with Gasteiger partial charge in [0, 0.05) is 18.3 Å². The highest BCUT2D eigenvalue weighted by Crippen LogP contribution is 2.18. The molecule has 120 valence electrons. The zero-order valence-corrected chi connectivity index (χ0v) is 13.2. The van der Waals surface area contributed by atoms with E-state index in [1.54, 1.807) is 19.9 Å². The molecule has 7 nitrogen and oxygen atoms in total. The Bertz CT molecular complexity index is 541. The number of esters is 1. The summed E-state index contributed by atoms with van der Waals surface area (Å²) >= 11 is 0. The summed E-state index contributed by atoms with van der Waals surface area (Å²) < 4.78 is 10.6. The molecule has 1 aromatic heterocycles. The number of rotatable bonds is 3. The van der Waals surface area contributed by atoms with Crippen molar-refractivity contribution in [1.82, 2.24) is 14.9 Å². The number of likely N-dealkylation sites (tertiary alicyclic amines) is 1. The molecule has 0 aliphatic carbocycles. The number of hydrogen-bond donors (Lipinski definition) is 0. The van der Waals surface area contributed by atoms with Crippen molar-refractivity contribution in [3.63, 3.8) is 0 Å². The fourth-order valence-electron chi connectivity index (χ4n) is 2.45. The quantitative estimate of drug-likeness (QED) is 0.613. The van der Waals surface area contributed by atoms with Gasteiger partial charge < -0.3 is 14.4 Å². The molecule has 0 aromatic carbocycles. The minimum Gasteiger partial charge on any atom is -0.472 e. The van der Waals surface area contributed by atoms with Crippen LogP contribution < -0.4 is 4.74 Å². The second kappa shape index (κ2) is 7.20. The molecule has 22 heavy (non-hydrogen) atoms. The van der Waals surface area contributed by atoms with E-state index in [1.165, 1.54) is 4.90 Å². The van der Waals surface area contributed by atoms with Crippen LogP contribution in [0.4, 0.5) is 0 Å². The van der Waals surface area contributed by atoms with E-state index >= 15 is 0 Å². The van der Waals surface area contributed by atoms with Crippen molar-refractivity contribution in [2.24, 2.45) is 0 Å². The highest BCUT2D eigenvalue weighted by molar-refractivity contribution is 6.32. The summed E-state index contributed by atoms with van der Waals surface area (Å²) in [5.41, 5.74) is 0.831. The second-order valence-corrected chi connectivity index (χ2v) is 5.25. The van der Waals surface area contributed by atoms with Crippen LogP contribution in [-0.4, -0.2) is 52.5 Å². The van der Waals surface area contributed by atoms with Crippen LogP contribution in [0.5, 0.6) is 5.88 Å². The van der Waals surface area contributed by atoms with E-state index in [2.05, 4.69) is 9.97 Å². The van der Waals surface area contributed by atoms with Gasteiger partial charge in [-0.1, -0.05) is 0 Å². The van der Waals surface area contributed by atoms with Crippen LogP contribution in [0.15, 0.2) is 6.07 Å². The highest BCUT2D eigenvalue weighted by atomic mass is 16.5. The smallest absolute Gasteiger partial charge is 0.397 e. The van der Waals surface area contributed by atoms with E-state index in [9.17, 15) is 9.59 Å². The first-order valence-electron chi connectivity index (χ1n) is 7.44. The zero-order chi connectivity index (χ0) is 16.1. The number of nitrogens with zero attached hydrogens (tertiary/aromatic N) is 3. The summed E-state index contributed by atoms with van der Waals surface area (Å²) in [5, 5.41) is 0. The minimum absolute atomic E-state index is 0.180. The summed E-state index contributed by atoms with van der Waals surface area (Å²) in [4.78, 5) is 33.4. The van der Waals surface area contributed by atoms with E-state index < -0.39 is 11.9 Å². The van der Waals surface area contributed by atoms with Crippen LogP contribution in [0, 0.1) is 13.8 Å². The monoisotopic (exact) mass is 307 g/mol. The van der Waals surface area contributed by atoms with Crippen molar-refractivity contribution in [3.8, 4) is 5.88 Å². The maximum absolute atomic E-state index is 12.0. The maximum atomic E-state index is 12.0. The van der Waals surface area contributed by atoms with Gasteiger partial charge in [0.05, 0.1) is 13.2 Å². The number of amides is 1. The van der Waals surface area contributed by atoms with Gasteiger partial charge in [0.25, 0.3) is 0 Å². The first-order valence-corrected chi connectivity index (χ1v) is 7.44. The molecule has 0 spiro atoms. The molecule has 1 fully saturated rings. The minimum atomic E-state index is -0.808. The standard InChI is InChI=1S/C15H21N3O4/c1-4-21-15(20)14(19)18-7-5-6-12(9-18)22-13-8-10(2)16-11(3)17-13/h8,12H,4-7,9H2,1-3H3. The number of carbonyl (C=O) groups is 2. The lowest BCUT2D eigenvalue weighted by molar-refractivity contribution is -0.161. The topological polar surface area (TPSA) is 81.6 Å². The van der Waals surface area contributed by atoms with E-state index in [4.69, 9.17) is 9.47 Å². The molecule has 1 atom stereocenters. The second-order valence-electron chi connectivity index (χ2n) is 5.25. The van der Waals surface area contributed by atoms with E-state index in [-0.39, 0.29) is 12.7 Å². The third-order valence-electron chi connectivity index (χ3n) is 3.35. The number of aromatic nitrogens is 2. The molecule has 0 N–H and O–H groups in total. The Morgan fingerprint density at radius 1 is 1.36 bits per heavy atom. The summed E-state index contributed by atoms with van der Waals surface area (Å²) in [7, 11) is 0. The number of ether oxygens (including phenoxy) is 2. The van der Waals surface area contributed by atoms with Crippen molar-refractivity contribution >= 4 is 11.9 Å². The Kier molecular flexibility index (Phi) is 5.30. The largest absolute Gasteiger partial charge is 0.472 e. The fourth-order valence-corrected chi connectivity index (χ4v) is 2.45. The molecule has 1 aromatic rings. The van der Waals surface area contributed by atoms with E-state index in [0.29, 0.717) is 24.8 Å². The highest BCUT2D eigenvalue weighted by Gasteiger charge is 2.29. The van der Waals surface area contributed by atoms with Gasteiger partial charge in [-0.15, -0.1) is 0 Å². The summed E-state index contributed by atoms with van der Waals surface area (Å²) in [5.74, 6) is -0.271. The Morgan fingerprint density at radius 2 is 2.14 bits per heavy atom. The van der Waals surface area contributed by atoms with Crippen molar-refractivity contribution in [2.45, 2.75) is 39.7 Å². The summed E-state index contributed by atoms with van der Waals surface area (Å²) in [6.07, 6.45) is 1.41. The van der Waals surface area contributed by atoms with Crippen LogP contribution in [0.25, 0.3) is 0 Å². The Hall–Kier alpha value is -2.18. The number of carbonyl (C=O) groups excluding carboxylic acids is 2. The van der Waals surface area contributed by atoms with Gasteiger partial charge in [0.15, 0.2) is 0 Å². The molecule has 1 aliphatic rings. The third-order valence-corrected chi connectivity index (χ3v) is 3.35. The average molecular weight is 307 g/mol. The SMILES string of the molecule is CCOC(=O)C(=O)N1CCCC(Oc2cc(C)nc(C)n2)C1. The molecule has 7 heteroatoms. The van der Waals surface area contributed by atoms with Crippen molar-refractivity contribution in [3.05, 3.63) is 17.6 Å². The molecule has 1 unspecified atom stereocenters. The van der Waals surface area contributed by atoms with Crippen molar-refractivity contribution in [2.75, 3.05) is 19.7 Å². The first-order chi connectivity index (χ1) is 10.5. The molecule has 1 amide bonds. The lowest BCUT2D eigenvalue weighted by atomic mass is 10.1. The van der Waals surface area contributed by atoms with Crippen LogP contribution in [0.3, 0.4) is 0 Å². The molecule has 1 aliphatic heterocycles. The van der Waals surface area contributed by atoms with Crippen molar-refractivity contribution < 1.29 is 19.1 Å². The summed E-state index contributed by atoms with van der Waals surface area (Å²) in [6, 6.07) is 1.76. The third kappa shape index (κ3) is 4.16. The lowest BCUT2D eigenvalue weighted by Crippen LogP contribution is -2.47. The van der Waals surface area contributed by atoms with E-state index in [0.717, 1.165) is 18.5 Å². The van der Waals surface area contributed by atoms with Crippen LogP contribution in [0.2, 0.25) is 0 Å². The summed E-state index contributed by atoms with van der Waals surface area (Å²) in [6.45, 7) is 6.44. The number of piperidine rings is 1.